The highest BCUT2D eigenvalue weighted by molar-refractivity contribution is 6.03. The molecule has 0 bridgehead atoms. The van der Waals surface area contributed by atoms with E-state index in [4.69, 9.17) is 4.74 Å². The van der Waals surface area contributed by atoms with Crippen molar-refractivity contribution in [2.45, 2.75) is 60.3 Å². The second-order valence-electron chi connectivity index (χ2n) is 8.76. The van der Waals surface area contributed by atoms with Gasteiger partial charge in [0, 0.05) is 58.9 Å². The van der Waals surface area contributed by atoms with Crippen LogP contribution in [0.25, 0.3) is 0 Å². The van der Waals surface area contributed by atoms with Gasteiger partial charge in [-0.15, -0.1) is 0 Å². The van der Waals surface area contributed by atoms with E-state index in [1.165, 1.54) is 40.5 Å². The van der Waals surface area contributed by atoms with E-state index in [1.54, 1.807) is 23.1 Å². The van der Waals surface area contributed by atoms with Crippen molar-refractivity contribution in [3.8, 4) is 0 Å². The number of hydrogen-bond donors (Lipinski definition) is 1. The van der Waals surface area contributed by atoms with E-state index in [-0.39, 0.29) is 31.8 Å². The zero-order chi connectivity index (χ0) is 27.1. The van der Waals surface area contributed by atoms with Crippen LogP contribution in [0, 0.1) is 12.8 Å². The molecule has 3 rings (SSSR count). The lowest BCUT2D eigenvalue weighted by Crippen LogP contribution is -2.52. The Balaban J connectivity index is 0.000000656. The van der Waals surface area contributed by atoms with Crippen LogP contribution in [0.15, 0.2) is 24.3 Å². The van der Waals surface area contributed by atoms with Gasteiger partial charge in [-0.1, -0.05) is 58.2 Å². The average molecular weight is 521 g/mol. The van der Waals surface area contributed by atoms with Gasteiger partial charge in [0.1, 0.15) is 6.61 Å². The van der Waals surface area contributed by atoms with Crippen LogP contribution in [-0.4, -0.2) is 92.4 Å². The molecule has 5 amide bonds. The first-order valence-corrected chi connectivity index (χ1v) is 12.9. The summed E-state index contributed by atoms with van der Waals surface area (Å²) in [6, 6.07) is 6.72. The Labute approximate surface area is 223 Å². The quantitative estimate of drug-likeness (QED) is 0.648. The highest BCUT2D eigenvalue weighted by Crippen LogP contribution is 2.25. The van der Waals surface area contributed by atoms with Crippen LogP contribution in [0.3, 0.4) is 0 Å². The maximum absolute atomic E-state index is 12.4. The number of carbonyl (C=O) groups is 4. The minimum Gasteiger partial charge on any atom is -0.375 e. The number of imide groups is 1. The molecule has 1 aliphatic carbocycles. The Hall–Kier alpha value is -2.94. The van der Waals surface area contributed by atoms with Crippen LogP contribution in [-0.2, 0) is 14.3 Å². The van der Waals surface area contributed by atoms with Gasteiger partial charge in [-0.25, -0.2) is 4.79 Å². The molecule has 1 saturated heterocycles. The Morgan fingerprint density at radius 2 is 1.57 bits per heavy atom. The van der Waals surface area contributed by atoms with Gasteiger partial charge in [0.25, 0.3) is 5.91 Å². The van der Waals surface area contributed by atoms with E-state index >= 15 is 0 Å². The number of piperazine rings is 1. The van der Waals surface area contributed by atoms with Gasteiger partial charge in [0.05, 0.1) is 0 Å². The Kier molecular flexibility index (Phi) is 16.9. The highest BCUT2D eigenvalue weighted by Gasteiger charge is 2.29. The maximum atomic E-state index is 12.4. The zero-order valence-electron chi connectivity index (χ0n) is 22.8. The van der Waals surface area contributed by atoms with Crippen molar-refractivity contribution in [3.05, 3.63) is 35.4 Å². The van der Waals surface area contributed by atoms with E-state index in [2.05, 4.69) is 5.32 Å². The molecule has 0 atom stereocenters. The van der Waals surface area contributed by atoms with Gasteiger partial charge >= 0.3 is 6.03 Å². The molecule has 9 heteroatoms. The summed E-state index contributed by atoms with van der Waals surface area (Å²) < 4.78 is 4.85. The van der Waals surface area contributed by atoms with Crippen LogP contribution in [0.1, 0.15) is 69.3 Å². The molecule has 2 fully saturated rings. The Morgan fingerprint density at radius 3 is 2.08 bits per heavy atom. The van der Waals surface area contributed by atoms with E-state index in [0.717, 1.165) is 23.3 Å². The van der Waals surface area contributed by atoms with Crippen LogP contribution in [0.2, 0.25) is 0 Å². The van der Waals surface area contributed by atoms with Gasteiger partial charge in [-0.2, -0.15) is 0 Å². The second-order valence-corrected chi connectivity index (χ2v) is 8.76. The largest absolute Gasteiger partial charge is 0.375 e. The number of ether oxygens (including phenoxy) is 1. The van der Waals surface area contributed by atoms with Crippen molar-refractivity contribution in [3.63, 3.8) is 0 Å². The number of nitrogens with one attached hydrogen (secondary N) is 1. The molecule has 0 unspecified atom stereocenters. The lowest BCUT2D eigenvalue weighted by molar-refractivity contribution is -0.144. The summed E-state index contributed by atoms with van der Waals surface area (Å²) in [6.45, 7) is 8.66. The summed E-state index contributed by atoms with van der Waals surface area (Å²) in [4.78, 5) is 51.8. The molecule has 1 aromatic carbocycles. The molecule has 1 saturated carbocycles. The Morgan fingerprint density at radius 1 is 1.00 bits per heavy atom. The SMILES string of the molecule is C.CC.CNC(=O)N(C)C(=O)c1cccc(C)c1.COCC(=O)N1CCN(C(=O)C2CCCCC2)CC1. The van der Waals surface area contributed by atoms with Crippen LogP contribution < -0.4 is 5.32 Å². The number of aryl methyl sites for hydroxylation is 1. The van der Waals surface area contributed by atoms with Crippen molar-refractivity contribution in [2.24, 2.45) is 5.92 Å². The van der Waals surface area contributed by atoms with E-state index < -0.39 is 6.03 Å². The molecule has 1 N–H and O–H groups in total. The molecule has 9 nitrogen and oxygen atoms in total. The number of benzene rings is 1. The summed E-state index contributed by atoms with van der Waals surface area (Å²) in [5, 5.41) is 2.40. The molecule has 0 spiro atoms. The van der Waals surface area contributed by atoms with E-state index in [0.29, 0.717) is 37.6 Å². The number of amides is 5. The molecule has 2 aliphatic rings. The number of hydrogen-bond acceptors (Lipinski definition) is 5. The van der Waals surface area contributed by atoms with Crippen molar-refractivity contribution >= 4 is 23.8 Å². The van der Waals surface area contributed by atoms with E-state index in [9.17, 15) is 19.2 Å². The summed E-state index contributed by atoms with van der Waals surface area (Å²) in [5.74, 6) is 0.249. The lowest BCUT2D eigenvalue weighted by Gasteiger charge is -2.37. The monoisotopic (exact) mass is 520 g/mol. The standard InChI is InChI=1S/C14H24N2O3.C11H14N2O2.C2H6.CH4/c1-19-11-13(17)15-7-9-16(10-8-15)14(18)12-5-3-2-4-6-12;1-8-5-4-6-9(7-8)10(14)13(3)11(15)12-2;1-2;/h12H,2-11H2,1H3;4-7H,1-3H3,(H,12,15);1-2H3;1H4. The zero-order valence-corrected chi connectivity index (χ0v) is 22.8. The lowest BCUT2D eigenvalue weighted by atomic mass is 9.88. The molecule has 1 aliphatic heterocycles. The minimum atomic E-state index is -0.415. The third kappa shape index (κ3) is 10.9. The number of methoxy groups -OCH3 is 1. The molecular formula is C28H48N4O5. The van der Waals surface area contributed by atoms with E-state index in [1.807, 2.05) is 31.7 Å². The van der Waals surface area contributed by atoms with Gasteiger partial charge in [0.2, 0.25) is 11.8 Å². The molecular weight excluding hydrogens is 472 g/mol. The molecule has 37 heavy (non-hydrogen) atoms. The Bertz CT molecular complexity index is 847. The summed E-state index contributed by atoms with van der Waals surface area (Å²) in [7, 11) is 4.46. The van der Waals surface area contributed by atoms with Gasteiger partial charge in [-0.05, 0) is 31.9 Å². The second kappa shape index (κ2) is 18.3. The average Bonchev–Trinajstić information content (AvgIpc) is 2.93. The summed E-state index contributed by atoms with van der Waals surface area (Å²) >= 11 is 0. The molecule has 1 heterocycles. The molecule has 210 valence electrons. The van der Waals surface area contributed by atoms with Crippen LogP contribution in [0.4, 0.5) is 4.79 Å². The topological polar surface area (TPSA) is 99.3 Å². The molecule has 1 aromatic rings. The van der Waals surface area contributed by atoms with Crippen molar-refractivity contribution in [1.29, 1.82) is 0 Å². The smallest absolute Gasteiger partial charge is 0.323 e. The van der Waals surface area contributed by atoms with Gasteiger partial charge in [-0.3, -0.25) is 19.3 Å². The first-order valence-electron chi connectivity index (χ1n) is 12.9. The maximum Gasteiger partial charge on any atom is 0.323 e. The summed E-state index contributed by atoms with van der Waals surface area (Å²) in [5.41, 5.74) is 1.51. The fraction of sp³-hybridized carbons (Fsp3) is 0.643. The third-order valence-corrected chi connectivity index (χ3v) is 6.25. The predicted molar refractivity (Wildman–Crippen MR) is 147 cm³/mol. The number of carbonyl (C=O) groups excluding carboxylic acids is 4. The number of nitrogens with zero attached hydrogens (tertiary/aromatic N) is 3. The first-order chi connectivity index (χ1) is 17.3. The van der Waals surface area contributed by atoms with Crippen LogP contribution >= 0.6 is 0 Å². The fourth-order valence-corrected chi connectivity index (χ4v) is 4.23. The summed E-state index contributed by atoms with van der Waals surface area (Å²) in [6.07, 6.45) is 5.72. The van der Waals surface area contributed by atoms with Gasteiger partial charge < -0.3 is 19.9 Å². The predicted octanol–water partition coefficient (Wildman–Crippen LogP) is 3.95. The molecule has 0 aromatic heterocycles. The molecule has 0 radical (unpaired) electrons. The fourth-order valence-electron chi connectivity index (χ4n) is 4.23. The normalized spacial score (nSPS) is 15.1. The van der Waals surface area contributed by atoms with Crippen LogP contribution in [0.5, 0.6) is 0 Å². The minimum absolute atomic E-state index is 0. The first kappa shape index (κ1) is 34.1. The number of urea groups is 1. The number of rotatable bonds is 4. The van der Waals surface area contributed by atoms with Crippen molar-refractivity contribution in [1.82, 2.24) is 20.0 Å². The highest BCUT2D eigenvalue weighted by atomic mass is 16.5. The van der Waals surface area contributed by atoms with Crippen molar-refractivity contribution in [2.75, 3.05) is 54.0 Å². The van der Waals surface area contributed by atoms with Crippen molar-refractivity contribution < 1.29 is 23.9 Å². The third-order valence-electron chi connectivity index (χ3n) is 6.25. The van der Waals surface area contributed by atoms with Gasteiger partial charge in [0.15, 0.2) is 0 Å².